The van der Waals surface area contributed by atoms with E-state index in [4.69, 9.17) is 5.26 Å². The lowest BCUT2D eigenvalue weighted by Crippen LogP contribution is -2.53. The molecule has 542 valence electrons. The molecule has 0 saturated carbocycles. The summed E-state index contributed by atoms with van der Waals surface area (Å²) in [5.74, 6) is -1.38. The van der Waals surface area contributed by atoms with Crippen LogP contribution in [0.4, 0.5) is 71.0 Å². The molecule has 7 aromatic rings. The summed E-state index contributed by atoms with van der Waals surface area (Å²) in [6.45, 7) is 2.52. The minimum Gasteiger partial charge on any atom is -0.341 e. The highest BCUT2D eigenvalue weighted by Gasteiger charge is 2.48. The van der Waals surface area contributed by atoms with E-state index in [2.05, 4.69) is 21.8 Å². The predicted octanol–water partition coefficient (Wildman–Crippen LogP) is 12.6. The number of nitrogens with one attached hydrogen (secondary N) is 2. The Hall–Kier alpha value is -12.9. The van der Waals surface area contributed by atoms with E-state index >= 15 is 0 Å². The van der Waals surface area contributed by atoms with E-state index in [-0.39, 0.29) is 101 Å². The minimum absolute atomic E-state index is 0.00486. The number of hydrogen-bond acceptors (Lipinski definition) is 12. The van der Waals surface area contributed by atoms with Gasteiger partial charge in [-0.2, -0.15) is 60.4 Å². The summed E-state index contributed by atoms with van der Waals surface area (Å²) in [5.41, 5.74) is 1.98. The lowest BCUT2D eigenvalue weighted by atomic mass is 9.85. The highest BCUT2D eigenvalue weighted by molar-refractivity contribution is 6.09. The van der Waals surface area contributed by atoms with Crippen LogP contribution in [0.3, 0.4) is 0 Å². The molecule has 2 N–H and O–H groups in total. The van der Waals surface area contributed by atoms with Crippen LogP contribution in [0.1, 0.15) is 111 Å². The molecule has 106 heavy (non-hydrogen) atoms. The van der Waals surface area contributed by atoms with E-state index in [0.717, 1.165) is 50.9 Å². The zero-order valence-corrected chi connectivity index (χ0v) is 57.1. The van der Waals surface area contributed by atoms with Crippen molar-refractivity contribution in [3.05, 3.63) is 245 Å². The van der Waals surface area contributed by atoms with Gasteiger partial charge in [0, 0.05) is 115 Å². The van der Waals surface area contributed by atoms with E-state index < -0.39 is 77.3 Å². The van der Waals surface area contributed by atoms with E-state index in [9.17, 15) is 88.4 Å². The first-order chi connectivity index (χ1) is 50.2. The number of alkyl halides is 9. The van der Waals surface area contributed by atoms with E-state index in [1.165, 1.54) is 105 Å². The van der Waals surface area contributed by atoms with Gasteiger partial charge in [0.2, 0.25) is 0 Å². The summed E-state index contributed by atoms with van der Waals surface area (Å²) in [7, 11) is 7.78. The number of likely N-dealkylation sites (N-methyl/N-ethyl adjacent to an activating group) is 4. The van der Waals surface area contributed by atoms with Crippen LogP contribution in [-0.2, 0) is 40.0 Å². The van der Waals surface area contributed by atoms with Gasteiger partial charge >= 0.3 is 36.6 Å². The summed E-state index contributed by atoms with van der Waals surface area (Å²) >= 11 is 0. The molecule has 1 aromatic heterocycles. The van der Waals surface area contributed by atoms with Crippen LogP contribution in [0.5, 0.6) is 0 Å². The molecule has 6 aliphatic heterocycles. The van der Waals surface area contributed by atoms with Crippen molar-refractivity contribution >= 4 is 58.7 Å². The Balaban J connectivity index is 0.000000160. The number of carbonyl (C=O) groups is 7. The molecule has 0 spiro atoms. The lowest BCUT2D eigenvalue weighted by molar-refractivity contribution is -0.138. The normalized spacial score (nSPS) is 18.3. The Morgan fingerprint density at radius 3 is 1.36 bits per heavy atom. The second kappa shape index (κ2) is 29.1. The Kier molecular flexibility index (Phi) is 20.4. The molecule has 6 aromatic carbocycles. The molecular weight excluding hydrogens is 1400 g/mol. The third kappa shape index (κ3) is 14.4. The molecular formula is C75H61F9N14O8. The highest BCUT2D eigenvalue weighted by atomic mass is 19.4. The minimum atomic E-state index is -4.62. The van der Waals surface area contributed by atoms with Crippen LogP contribution >= 0.6 is 0 Å². The molecule has 9 amide bonds. The van der Waals surface area contributed by atoms with E-state index in [1.807, 2.05) is 12.1 Å². The number of hydrogen-bond donors (Lipinski definition) is 2. The van der Waals surface area contributed by atoms with Crippen LogP contribution in [0, 0.1) is 34.0 Å². The number of rotatable bonds is 9. The Labute approximate surface area is 598 Å². The first-order valence-corrected chi connectivity index (χ1v) is 32.6. The summed E-state index contributed by atoms with van der Waals surface area (Å²) < 4.78 is 121. The van der Waals surface area contributed by atoms with Crippen molar-refractivity contribution in [2.75, 3.05) is 62.5 Å². The molecule has 3 atom stereocenters. The molecule has 0 aliphatic carbocycles. The Bertz CT molecular complexity index is 5120. The van der Waals surface area contributed by atoms with Gasteiger partial charge in [-0.05, 0) is 114 Å². The summed E-state index contributed by atoms with van der Waals surface area (Å²) in [4.78, 5) is 114. The number of anilines is 3. The van der Waals surface area contributed by atoms with Gasteiger partial charge in [-0.3, -0.25) is 38.7 Å². The topological polar surface area (TPSA) is 272 Å². The van der Waals surface area contributed by atoms with Crippen molar-refractivity contribution < 1.29 is 73.1 Å². The smallest absolute Gasteiger partial charge is 0.341 e. The first-order valence-electron chi connectivity index (χ1n) is 32.6. The van der Waals surface area contributed by atoms with Gasteiger partial charge < -0.3 is 30.2 Å². The maximum Gasteiger partial charge on any atom is 0.416 e. The zero-order chi connectivity index (χ0) is 76.8. The number of nitriles is 3. The molecule has 6 aliphatic rings. The molecule has 31 heteroatoms. The van der Waals surface area contributed by atoms with Gasteiger partial charge in [0.25, 0.3) is 23.3 Å². The van der Waals surface area contributed by atoms with Crippen molar-refractivity contribution in [3.8, 4) is 29.5 Å². The number of urea groups is 3. The number of benzene rings is 6. The van der Waals surface area contributed by atoms with Crippen molar-refractivity contribution in [1.82, 2.24) is 40.0 Å². The number of carbonyl (C=O) groups excluding carboxylic acids is 7. The van der Waals surface area contributed by atoms with Gasteiger partial charge in [-0.15, -0.1) is 0 Å². The van der Waals surface area contributed by atoms with Crippen LogP contribution in [-0.4, -0.2) is 119 Å². The molecule has 22 nitrogen and oxygen atoms in total. The fourth-order valence-corrected chi connectivity index (χ4v) is 13.3. The Morgan fingerprint density at radius 1 is 0.491 bits per heavy atom. The monoisotopic (exact) mass is 1460 g/mol. The number of halogens is 9. The van der Waals surface area contributed by atoms with Crippen molar-refractivity contribution in [2.24, 2.45) is 7.05 Å². The number of ketones is 1. The molecule has 2 unspecified atom stereocenters. The van der Waals surface area contributed by atoms with E-state index in [1.54, 1.807) is 70.5 Å². The number of aromatic nitrogens is 2. The van der Waals surface area contributed by atoms with Crippen LogP contribution in [0.15, 0.2) is 184 Å². The maximum absolute atomic E-state index is 13.9. The van der Waals surface area contributed by atoms with Gasteiger partial charge in [0.15, 0.2) is 5.78 Å². The number of aryl methyl sites for hydroxylation is 1. The van der Waals surface area contributed by atoms with Crippen molar-refractivity contribution in [3.63, 3.8) is 0 Å². The molecule has 7 heterocycles. The molecule has 0 bridgehead atoms. The zero-order valence-electron chi connectivity index (χ0n) is 57.1. The molecule has 0 saturated heterocycles. The average Bonchev–Trinajstić information content (AvgIpc) is 0.738. The number of nitrogens with zero attached hydrogens (tertiary/aromatic N) is 12. The largest absolute Gasteiger partial charge is 0.416 e. The van der Waals surface area contributed by atoms with Gasteiger partial charge in [0.05, 0.1) is 109 Å². The Morgan fingerprint density at radius 2 is 0.906 bits per heavy atom. The predicted molar refractivity (Wildman–Crippen MR) is 365 cm³/mol. The highest BCUT2D eigenvalue weighted by Crippen LogP contribution is 2.47. The first kappa shape index (κ1) is 74.3. The maximum atomic E-state index is 13.9. The van der Waals surface area contributed by atoms with Crippen molar-refractivity contribution in [2.45, 2.75) is 69.3 Å². The van der Waals surface area contributed by atoms with E-state index in [0.29, 0.717) is 69.0 Å². The van der Waals surface area contributed by atoms with Gasteiger partial charge in [-0.25, -0.2) is 19.1 Å². The number of amides is 9. The van der Waals surface area contributed by atoms with Crippen molar-refractivity contribution in [1.29, 1.82) is 15.8 Å². The second-order valence-electron chi connectivity index (χ2n) is 25.2. The lowest BCUT2D eigenvalue weighted by Gasteiger charge is -2.45. The molecule has 0 fully saturated rings. The number of Topliss-reactive ketones (excluding diaryl/α,β-unsaturated/α-hetero) is 1. The van der Waals surface area contributed by atoms with Gasteiger partial charge in [0.1, 0.15) is 0 Å². The van der Waals surface area contributed by atoms with Crippen LogP contribution < -0.4 is 30.9 Å². The van der Waals surface area contributed by atoms with Crippen LogP contribution in [0.2, 0.25) is 0 Å². The third-order valence-electron chi connectivity index (χ3n) is 18.7. The summed E-state index contributed by atoms with van der Waals surface area (Å²) in [5, 5.41) is 37.6. The SMILES string of the molecule is CCC(=O)c1cc(C#N)ccc1C1NC(=O)N(c2cccc(C(F)(F)F)c2)C2=C1C(=O)N(C)CC2.CN1CCC2=C(C1=O)C(c1ccc(C#N)cc1-c1ccc(=O)n(C)n1)N(C)C(=O)N2c1cccc(C(F)(F)F)c1.CN1CCC2=C(C1=O)[C@@H](c1ccc(C#N)cc1)NC(=O)N2c1cccc(C(F)(F)F)c1. The third-order valence-corrected chi connectivity index (χ3v) is 18.7. The summed E-state index contributed by atoms with van der Waals surface area (Å²) in [6, 6.07) is 33.1. The fourth-order valence-electron chi connectivity index (χ4n) is 13.3. The standard InChI is InChI=1S/C28H23F3N6O3.C25H21F3N4O3.C22H17F3N4O2/c1-34-12-11-22-24(26(34)39)25(35(2)27(40)37(22)18-6-4-5-17(14-18)28(29,30)31)19-8-7-16(15-32)13-20(19)21-9-10-23(38)36(3)33-21;1-3-20(33)18-11-14(13-29)7-8-17(18)22-21-19(9-10-31(2)23(21)34)32(24(35)30-22)16-6-4-5-15(12-16)25(26,27)28;1-28-10-9-17-18(20(28)30)19(14-7-5-13(12-26)6-8-14)27-21(31)29(17)16-4-2-3-15(11-16)22(23,24)25/h4-10,13-14,25H,11-12H2,1-3H3;4-8,11-12,22H,3,9-10H2,1-2H3,(H,30,35);2-8,11,19H,9-10H2,1H3,(H,27,31)/t;;19-/m..1/s1. The van der Waals surface area contributed by atoms with Gasteiger partial charge in [-0.1, -0.05) is 49.4 Å². The average molecular weight is 1460 g/mol. The quantitative estimate of drug-likeness (QED) is 0.101. The molecule has 13 rings (SSSR count). The second-order valence-corrected chi connectivity index (χ2v) is 25.2. The fraction of sp³-hybridized carbons (Fsp3) is 0.253. The summed E-state index contributed by atoms with van der Waals surface area (Å²) in [6.07, 6.45) is -12.9. The van der Waals surface area contributed by atoms with Crippen LogP contribution in [0.25, 0.3) is 11.3 Å². The molecule has 0 radical (unpaired) electrons.